The van der Waals surface area contributed by atoms with E-state index in [0.29, 0.717) is 6.61 Å². The maximum atomic E-state index is 10.9. The first-order valence-corrected chi connectivity index (χ1v) is 4.80. The van der Waals surface area contributed by atoms with Gasteiger partial charge in [0.1, 0.15) is 19.0 Å². The van der Waals surface area contributed by atoms with E-state index in [1.807, 2.05) is 30.3 Å². The van der Waals surface area contributed by atoms with Gasteiger partial charge >= 0.3 is 5.97 Å². The smallest absolute Gasteiger partial charge is 0.330 e. The molecule has 1 aromatic rings. The number of hydrogen-bond donors (Lipinski definition) is 0. The summed E-state index contributed by atoms with van der Waals surface area (Å²) in [4.78, 5) is 10.9. The van der Waals surface area contributed by atoms with E-state index in [9.17, 15) is 4.79 Å². The van der Waals surface area contributed by atoms with Crippen LogP contribution in [0.3, 0.4) is 0 Å². The van der Waals surface area contributed by atoms with Crippen LogP contribution in [0.4, 0.5) is 0 Å². The summed E-state index contributed by atoms with van der Waals surface area (Å²) in [6.07, 6.45) is 3.02. The van der Waals surface area contributed by atoms with Crippen LogP contribution < -0.4 is 4.74 Å². The molecule has 0 fully saturated rings. The zero-order valence-corrected chi connectivity index (χ0v) is 8.68. The van der Waals surface area contributed by atoms with Crippen molar-refractivity contribution in [3.63, 3.8) is 0 Å². The number of allylic oxidation sites excluding steroid dienone is 1. The Kier molecular flexibility index (Phi) is 5.01. The quantitative estimate of drug-likeness (QED) is 0.421. The molecule has 0 spiro atoms. The number of para-hydroxylation sites is 1. The first-order valence-electron chi connectivity index (χ1n) is 4.80. The van der Waals surface area contributed by atoms with Crippen LogP contribution in [0.25, 0.3) is 0 Å². The third-order valence-corrected chi connectivity index (χ3v) is 1.64. The maximum absolute atomic E-state index is 10.9. The van der Waals surface area contributed by atoms with Crippen molar-refractivity contribution in [2.45, 2.75) is 6.92 Å². The highest BCUT2D eigenvalue weighted by molar-refractivity contribution is 5.81. The zero-order valence-electron chi connectivity index (χ0n) is 8.68. The minimum Gasteiger partial charge on any atom is -0.490 e. The van der Waals surface area contributed by atoms with E-state index in [1.54, 1.807) is 13.0 Å². The van der Waals surface area contributed by atoms with Crippen LogP contribution in [-0.4, -0.2) is 19.2 Å². The fraction of sp³-hybridized carbons (Fsp3) is 0.250. The van der Waals surface area contributed by atoms with Crippen LogP contribution in [0.2, 0.25) is 0 Å². The van der Waals surface area contributed by atoms with Gasteiger partial charge in [-0.3, -0.25) is 0 Å². The number of hydrogen-bond acceptors (Lipinski definition) is 3. The molecule has 0 radical (unpaired) electrons. The van der Waals surface area contributed by atoms with Crippen molar-refractivity contribution in [3.05, 3.63) is 42.5 Å². The lowest BCUT2D eigenvalue weighted by molar-refractivity contribution is -0.138. The fourth-order valence-corrected chi connectivity index (χ4v) is 1.00. The number of rotatable bonds is 5. The highest BCUT2D eigenvalue weighted by Gasteiger charge is 1.96. The van der Waals surface area contributed by atoms with E-state index < -0.39 is 0 Å². The lowest BCUT2D eigenvalue weighted by atomic mass is 10.3. The van der Waals surface area contributed by atoms with Gasteiger partial charge in [0, 0.05) is 6.08 Å². The summed E-state index contributed by atoms with van der Waals surface area (Å²) in [5, 5.41) is 0. The molecular formula is C12H14O3. The molecule has 0 N–H and O–H groups in total. The summed E-state index contributed by atoms with van der Waals surface area (Å²) in [5.74, 6) is 0.439. The van der Waals surface area contributed by atoms with Gasteiger partial charge in [0.05, 0.1) is 0 Å². The van der Waals surface area contributed by atoms with E-state index >= 15 is 0 Å². The third kappa shape index (κ3) is 4.86. The normalized spacial score (nSPS) is 10.2. The maximum Gasteiger partial charge on any atom is 0.330 e. The van der Waals surface area contributed by atoms with Crippen molar-refractivity contribution < 1.29 is 14.3 Å². The van der Waals surface area contributed by atoms with Gasteiger partial charge in [-0.05, 0) is 19.1 Å². The average molecular weight is 206 g/mol. The fourth-order valence-electron chi connectivity index (χ4n) is 1.00. The van der Waals surface area contributed by atoms with Crippen LogP contribution in [0, 0.1) is 0 Å². The predicted octanol–water partition coefficient (Wildman–Crippen LogP) is 2.18. The van der Waals surface area contributed by atoms with E-state index in [1.165, 1.54) is 6.08 Å². The van der Waals surface area contributed by atoms with E-state index in [0.717, 1.165) is 5.75 Å². The lowest BCUT2D eigenvalue weighted by Gasteiger charge is -2.05. The first-order chi connectivity index (χ1) is 7.33. The number of carbonyl (C=O) groups is 1. The molecule has 3 nitrogen and oxygen atoms in total. The summed E-state index contributed by atoms with van der Waals surface area (Å²) >= 11 is 0. The molecule has 0 amide bonds. The van der Waals surface area contributed by atoms with Crippen molar-refractivity contribution >= 4 is 5.97 Å². The Morgan fingerprint density at radius 2 is 2.00 bits per heavy atom. The summed E-state index contributed by atoms with van der Waals surface area (Å²) in [7, 11) is 0. The van der Waals surface area contributed by atoms with E-state index in [2.05, 4.69) is 0 Å². The third-order valence-electron chi connectivity index (χ3n) is 1.64. The summed E-state index contributed by atoms with van der Waals surface area (Å²) in [6.45, 7) is 2.40. The molecule has 0 bridgehead atoms. The summed E-state index contributed by atoms with van der Waals surface area (Å²) < 4.78 is 10.2. The zero-order chi connectivity index (χ0) is 10.9. The second-order valence-corrected chi connectivity index (χ2v) is 2.83. The monoisotopic (exact) mass is 206 g/mol. The topological polar surface area (TPSA) is 35.5 Å². The van der Waals surface area contributed by atoms with Gasteiger partial charge in [-0.2, -0.15) is 0 Å². The van der Waals surface area contributed by atoms with Crippen molar-refractivity contribution in [2.24, 2.45) is 0 Å². The lowest BCUT2D eigenvalue weighted by Crippen LogP contribution is -2.10. The van der Waals surface area contributed by atoms with Gasteiger partial charge < -0.3 is 9.47 Å². The Balaban J connectivity index is 2.15. The SMILES string of the molecule is C/C=C/C(=O)OCCOc1ccccc1. The van der Waals surface area contributed by atoms with Crippen molar-refractivity contribution in [1.82, 2.24) is 0 Å². The molecule has 0 saturated heterocycles. The van der Waals surface area contributed by atoms with E-state index in [4.69, 9.17) is 9.47 Å². The van der Waals surface area contributed by atoms with Gasteiger partial charge in [0.2, 0.25) is 0 Å². The molecule has 0 heterocycles. The Morgan fingerprint density at radius 1 is 1.27 bits per heavy atom. The van der Waals surface area contributed by atoms with Gasteiger partial charge in [-0.1, -0.05) is 24.3 Å². The summed E-state index contributed by atoms with van der Waals surface area (Å²) in [5.41, 5.74) is 0. The second-order valence-electron chi connectivity index (χ2n) is 2.83. The average Bonchev–Trinajstić information content (AvgIpc) is 2.26. The van der Waals surface area contributed by atoms with E-state index in [-0.39, 0.29) is 12.6 Å². The highest BCUT2D eigenvalue weighted by atomic mass is 16.6. The Labute approximate surface area is 89.3 Å². The number of ether oxygens (including phenoxy) is 2. The number of benzene rings is 1. The molecule has 80 valence electrons. The first kappa shape index (κ1) is 11.3. The van der Waals surface area contributed by atoms with Crippen LogP contribution in [-0.2, 0) is 9.53 Å². The van der Waals surface area contributed by atoms with Crippen molar-refractivity contribution in [1.29, 1.82) is 0 Å². The van der Waals surface area contributed by atoms with Gasteiger partial charge in [-0.25, -0.2) is 4.79 Å². The minimum atomic E-state index is -0.339. The van der Waals surface area contributed by atoms with Crippen LogP contribution >= 0.6 is 0 Å². The second kappa shape index (κ2) is 6.65. The minimum absolute atomic E-state index is 0.262. The molecule has 15 heavy (non-hydrogen) atoms. The van der Waals surface area contributed by atoms with Gasteiger partial charge in [-0.15, -0.1) is 0 Å². The van der Waals surface area contributed by atoms with Crippen molar-refractivity contribution in [3.8, 4) is 5.75 Å². The standard InChI is InChI=1S/C12H14O3/c1-2-6-12(13)15-10-9-14-11-7-4-3-5-8-11/h2-8H,9-10H2,1H3/b6-2+. The number of esters is 1. The molecule has 0 unspecified atom stereocenters. The van der Waals surface area contributed by atoms with Gasteiger partial charge in [0.25, 0.3) is 0 Å². The van der Waals surface area contributed by atoms with Gasteiger partial charge in [0.15, 0.2) is 0 Å². The summed E-state index contributed by atoms with van der Waals surface area (Å²) in [6, 6.07) is 9.41. The number of carbonyl (C=O) groups excluding carboxylic acids is 1. The molecule has 0 saturated carbocycles. The largest absolute Gasteiger partial charge is 0.490 e. The molecular weight excluding hydrogens is 192 g/mol. The van der Waals surface area contributed by atoms with Crippen LogP contribution in [0.1, 0.15) is 6.92 Å². The molecule has 3 heteroatoms. The molecule has 0 aromatic heterocycles. The molecule has 1 rings (SSSR count). The van der Waals surface area contributed by atoms with Crippen LogP contribution in [0.15, 0.2) is 42.5 Å². The molecule has 0 aliphatic rings. The highest BCUT2D eigenvalue weighted by Crippen LogP contribution is 2.07. The van der Waals surface area contributed by atoms with Crippen molar-refractivity contribution in [2.75, 3.05) is 13.2 Å². The molecule has 0 atom stereocenters. The molecule has 0 aliphatic carbocycles. The molecule has 1 aromatic carbocycles. The Morgan fingerprint density at radius 3 is 2.67 bits per heavy atom. The Bertz CT molecular complexity index is 317. The molecule has 0 aliphatic heterocycles. The predicted molar refractivity (Wildman–Crippen MR) is 57.7 cm³/mol. The Hall–Kier alpha value is -1.77. The van der Waals surface area contributed by atoms with Crippen LogP contribution in [0.5, 0.6) is 5.75 Å².